The van der Waals surface area contributed by atoms with E-state index in [4.69, 9.17) is 0 Å². The first-order chi connectivity index (χ1) is 8.16. The van der Waals surface area contributed by atoms with E-state index in [1.165, 1.54) is 14.2 Å². The summed E-state index contributed by atoms with van der Waals surface area (Å²) in [7, 11) is 0. The van der Waals surface area contributed by atoms with Crippen molar-refractivity contribution in [1.29, 1.82) is 0 Å². The van der Waals surface area contributed by atoms with E-state index in [2.05, 4.69) is 39.6 Å². The molecule has 0 atom stereocenters. The van der Waals surface area contributed by atoms with Gasteiger partial charge in [-0.15, -0.1) is 11.3 Å². The van der Waals surface area contributed by atoms with Gasteiger partial charge in [-0.1, -0.05) is 0 Å². The van der Waals surface area contributed by atoms with Crippen LogP contribution in [0.25, 0.3) is 0 Å². The van der Waals surface area contributed by atoms with Gasteiger partial charge in [0.1, 0.15) is 0 Å². The minimum atomic E-state index is 0.224. The monoisotopic (exact) mass is 316 g/mol. The van der Waals surface area contributed by atoms with Gasteiger partial charge in [-0.2, -0.15) is 0 Å². The third-order valence-corrected chi connectivity index (χ3v) is 4.89. The van der Waals surface area contributed by atoms with Crippen molar-refractivity contribution in [2.75, 3.05) is 13.1 Å². The number of nitrogens with one attached hydrogen (secondary N) is 2. The van der Waals surface area contributed by atoms with Gasteiger partial charge in [-0.3, -0.25) is 4.79 Å². The highest BCUT2D eigenvalue weighted by Crippen LogP contribution is 2.28. The molecule has 0 radical (unpaired) electrons. The third-order valence-electron chi connectivity index (χ3n) is 2.76. The van der Waals surface area contributed by atoms with Crippen LogP contribution in [0.4, 0.5) is 0 Å². The fourth-order valence-corrected chi connectivity index (χ4v) is 3.15. The molecule has 1 amide bonds. The van der Waals surface area contributed by atoms with Crippen LogP contribution in [0.1, 0.15) is 22.6 Å². The van der Waals surface area contributed by atoms with Gasteiger partial charge in [0.25, 0.3) is 0 Å². The normalized spacial score (nSPS) is 14.9. The van der Waals surface area contributed by atoms with Crippen molar-refractivity contribution >= 4 is 33.2 Å². The number of hydrogen-bond donors (Lipinski definition) is 2. The van der Waals surface area contributed by atoms with E-state index < -0.39 is 0 Å². The SMILES string of the molecule is Cc1sc(CNCCNC(=O)C2CC2)cc1Br. The minimum absolute atomic E-state index is 0.224. The first-order valence-electron chi connectivity index (χ1n) is 5.90. The van der Waals surface area contributed by atoms with Crippen LogP contribution in [0, 0.1) is 12.8 Å². The second-order valence-corrected chi connectivity index (χ2v) is 6.55. The van der Waals surface area contributed by atoms with Gasteiger partial charge >= 0.3 is 0 Å². The lowest BCUT2D eigenvalue weighted by Gasteiger charge is -2.05. The molecule has 2 rings (SSSR count). The fraction of sp³-hybridized carbons (Fsp3) is 0.583. The number of hydrogen-bond acceptors (Lipinski definition) is 3. The minimum Gasteiger partial charge on any atom is -0.355 e. The Morgan fingerprint density at radius 2 is 2.29 bits per heavy atom. The van der Waals surface area contributed by atoms with Crippen molar-refractivity contribution < 1.29 is 4.79 Å². The summed E-state index contributed by atoms with van der Waals surface area (Å²) in [5.41, 5.74) is 0. The van der Waals surface area contributed by atoms with Gasteiger partial charge < -0.3 is 10.6 Å². The van der Waals surface area contributed by atoms with Crippen molar-refractivity contribution in [3.8, 4) is 0 Å². The Morgan fingerprint density at radius 3 is 2.88 bits per heavy atom. The standard InChI is InChI=1S/C12H17BrN2OS/c1-8-11(13)6-10(17-8)7-14-4-5-15-12(16)9-2-3-9/h6,9,14H,2-5,7H2,1H3,(H,15,16). The van der Waals surface area contributed by atoms with Crippen molar-refractivity contribution in [3.63, 3.8) is 0 Å². The summed E-state index contributed by atoms with van der Waals surface area (Å²) in [6.45, 7) is 4.53. The molecular weight excluding hydrogens is 300 g/mol. The molecule has 0 unspecified atom stereocenters. The number of aryl methyl sites for hydroxylation is 1. The Balaban J connectivity index is 1.58. The quantitative estimate of drug-likeness (QED) is 0.791. The zero-order chi connectivity index (χ0) is 12.3. The molecule has 94 valence electrons. The van der Waals surface area contributed by atoms with E-state index in [0.29, 0.717) is 5.92 Å². The van der Waals surface area contributed by atoms with Gasteiger partial charge in [-0.25, -0.2) is 0 Å². The molecule has 2 N–H and O–H groups in total. The van der Waals surface area contributed by atoms with Crippen molar-refractivity contribution in [2.45, 2.75) is 26.3 Å². The highest BCUT2D eigenvalue weighted by Gasteiger charge is 2.28. The molecule has 17 heavy (non-hydrogen) atoms. The lowest BCUT2D eigenvalue weighted by atomic mass is 10.4. The van der Waals surface area contributed by atoms with Crippen LogP contribution in [-0.4, -0.2) is 19.0 Å². The summed E-state index contributed by atoms with van der Waals surface area (Å²) < 4.78 is 1.18. The summed E-state index contributed by atoms with van der Waals surface area (Å²) in [5, 5.41) is 6.27. The zero-order valence-electron chi connectivity index (χ0n) is 9.88. The lowest BCUT2D eigenvalue weighted by molar-refractivity contribution is -0.122. The van der Waals surface area contributed by atoms with Crippen LogP contribution in [0.2, 0.25) is 0 Å². The predicted octanol–water partition coefficient (Wildman–Crippen LogP) is 2.43. The maximum Gasteiger partial charge on any atom is 0.223 e. The molecule has 5 heteroatoms. The highest BCUT2D eigenvalue weighted by molar-refractivity contribution is 9.10. The van der Waals surface area contributed by atoms with E-state index in [-0.39, 0.29) is 5.91 Å². The van der Waals surface area contributed by atoms with Gasteiger partial charge in [0.15, 0.2) is 0 Å². The number of halogens is 1. The van der Waals surface area contributed by atoms with Crippen LogP contribution in [0.3, 0.4) is 0 Å². The Labute approximate surface area is 114 Å². The van der Waals surface area contributed by atoms with Gasteiger partial charge in [-0.05, 0) is 41.8 Å². The highest BCUT2D eigenvalue weighted by atomic mass is 79.9. The Kier molecular flexibility index (Phi) is 4.59. The van der Waals surface area contributed by atoms with Crippen LogP contribution in [-0.2, 0) is 11.3 Å². The third kappa shape index (κ3) is 4.08. The van der Waals surface area contributed by atoms with Crippen molar-refractivity contribution in [3.05, 3.63) is 20.3 Å². The summed E-state index contributed by atoms with van der Waals surface area (Å²) in [6, 6.07) is 2.15. The fourth-order valence-electron chi connectivity index (χ4n) is 1.58. The van der Waals surface area contributed by atoms with E-state index in [1.807, 2.05) is 0 Å². The van der Waals surface area contributed by atoms with Crippen LogP contribution < -0.4 is 10.6 Å². The predicted molar refractivity (Wildman–Crippen MR) is 74.2 cm³/mol. The molecule has 1 aromatic rings. The van der Waals surface area contributed by atoms with Gasteiger partial charge in [0.05, 0.1) is 0 Å². The first kappa shape index (κ1) is 13.1. The molecule has 0 aliphatic heterocycles. The van der Waals surface area contributed by atoms with Crippen molar-refractivity contribution in [1.82, 2.24) is 10.6 Å². The Hall–Kier alpha value is -0.390. The summed E-state index contributed by atoms with van der Waals surface area (Å²) in [5.74, 6) is 0.535. The van der Waals surface area contributed by atoms with E-state index >= 15 is 0 Å². The largest absolute Gasteiger partial charge is 0.355 e. The number of amides is 1. The second-order valence-electron chi connectivity index (χ2n) is 4.36. The Morgan fingerprint density at radius 1 is 1.53 bits per heavy atom. The van der Waals surface area contributed by atoms with Crippen LogP contribution >= 0.6 is 27.3 Å². The van der Waals surface area contributed by atoms with Gasteiger partial charge in [0.2, 0.25) is 5.91 Å². The van der Waals surface area contributed by atoms with E-state index in [1.54, 1.807) is 11.3 Å². The summed E-state index contributed by atoms with van der Waals surface area (Å²) in [6.07, 6.45) is 2.14. The Bertz CT molecular complexity index is 382. The number of rotatable bonds is 6. The molecule has 0 saturated heterocycles. The first-order valence-corrected chi connectivity index (χ1v) is 7.51. The maximum atomic E-state index is 11.3. The molecule has 0 spiro atoms. The zero-order valence-corrected chi connectivity index (χ0v) is 12.3. The molecule has 1 heterocycles. The van der Waals surface area contributed by atoms with Crippen molar-refractivity contribution in [2.24, 2.45) is 5.92 Å². The molecule has 1 saturated carbocycles. The molecule has 1 aliphatic rings. The molecule has 1 fully saturated rings. The number of carbonyl (C=O) groups is 1. The molecule has 0 bridgehead atoms. The van der Waals surface area contributed by atoms with Crippen LogP contribution in [0.15, 0.2) is 10.5 Å². The summed E-state index contributed by atoms with van der Waals surface area (Å²) in [4.78, 5) is 14.0. The lowest BCUT2D eigenvalue weighted by Crippen LogP contribution is -2.32. The molecule has 1 aromatic heterocycles. The van der Waals surface area contributed by atoms with E-state index in [9.17, 15) is 4.79 Å². The maximum absolute atomic E-state index is 11.3. The average Bonchev–Trinajstić information content (AvgIpc) is 3.07. The second kappa shape index (κ2) is 5.98. The number of carbonyl (C=O) groups excluding carboxylic acids is 1. The molecule has 0 aromatic carbocycles. The van der Waals surface area contributed by atoms with Crippen LogP contribution in [0.5, 0.6) is 0 Å². The van der Waals surface area contributed by atoms with E-state index in [0.717, 1.165) is 32.5 Å². The topological polar surface area (TPSA) is 41.1 Å². The number of thiophene rings is 1. The molecule has 3 nitrogen and oxygen atoms in total. The summed E-state index contributed by atoms with van der Waals surface area (Å²) >= 11 is 5.30. The smallest absolute Gasteiger partial charge is 0.223 e. The van der Waals surface area contributed by atoms with Gasteiger partial charge in [0, 0.05) is 39.8 Å². The molecule has 1 aliphatic carbocycles. The average molecular weight is 317 g/mol. The molecular formula is C12H17BrN2OS.